The number of carbonyl (C=O) groups is 1. The van der Waals surface area contributed by atoms with Crippen LogP contribution >= 0.6 is 24.0 Å². The van der Waals surface area contributed by atoms with Crippen molar-refractivity contribution in [3.8, 4) is 5.75 Å². The summed E-state index contributed by atoms with van der Waals surface area (Å²) in [6.45, 7) is 7.37. The summed E-state index contributed by atoms with van der Waals surface area (Å²) in [7, 11) is 0. The van der Waals surface area contributed by atoms with E-state index in [1.54, 1.807) is 36.9 Å². The standard InChI is InChI=1S/C20H30N2O3.C5H4ClN.ClH/c1-19(2,3)25-18(23)22-14-10-20(11-15-22)8-4-16(5-9-20)24-17-6-12-21-13-7-17;6-5-1-3-7-4-2-5;/h6-7,12-13,16H,4-5,8-11,14-15H2,1-3H3;1-4H;1H. The number of rotatable bonds is 2. The molecule has 182 valence electrons. The topological polar surface area (TPSA) is 64.5 Å². The molecule has 2 aliphatic rings. The smallest absolute Gasteiger partial charge is 0.410 e. The highest BCUT2D eigenvalue weighted by molar-refractivity contribution is 6.30. The molecular weight excluding hydrogens is 461 g/mol. The number of aromatic nitrogens is 2. The average molecular weight is 496 g/mol. The lowest BCUT2D eigenvalue weighted by atomic mass is 9.67. The Balaban J connectivity index is 0.000000413. The fourth-order valence-electron chi connectivity index (χ4n) is 4.25. The summed E-state index contributed by atoms with van der Waals surface area (Å²) in [5.74, 6) is 0.913. The minimum Gasteiger partial charge on any atom is -0.490 e. The summed E-state index contributed by atoms with van der Waals surface area (Å²) in [6, 6.07) is 7.32. The number of likely N-dealkylation sites (tertiary alicyclic amines) is 1. The highest BCUT2D eigenvalue weighted by atomic mass is 35.5. The van der Waals surface area contributed by atoms with Crippen molar-refractivity contribution in [2.45, 2.75) is 71.0 Å². The molecule has 2 fully saturated rings. The first-order valence-electron chi connectivity index (χ1n) is 11.3. The fraction of sp³-hybridized carbons (Fsp3) is 0.560. The van der Waals surface area contributed by atoms with Gasteiger partial charge in [-0.05, 0) is 89.0 Å². The number of hydrogen-bond acceptors (Lipinski definition) is 5. The van der Waals surface area contributed by atoms with Gasteiger partial charge in [-0.1, -0.05) is 11.6 Å². The van der Waals surface area contributed by atoms with Gasteiger partial charge in [0.05, 0.1) is 6.10 Å². The number of hydrogen-bond donors (Lipinski definition) is 0. The summed E-state index contributed by atoms with van der Waals surface area (Å²) >= 11 is 5.50. The molecule has 1 aliphatic carbocycles. The molecule has 1 saturated carbocycles. The molecule has 0 unspecified atom stereocenters. The van der Waals surface area contributed by atoms with E-state index in [0.29, 0.717) is 11.5 Å². The van der Waals surface area contributed by atoms with E-state index in [4.69, 9.17) is 21.1 Å². The van der Waals surface area contributed by atoms with Crippen molar-refractivity contribution in [2.75, 3.05) is 13.1 Å². The normalized spacial score (nSPS) is 17.9. The maximum absolute atomic E-state index is 12.2. The first kappa shape index (κ1) is 27.2. The number of halogens is 2. The number of piperidine rings is 1. The molecular formula is C25H35Cl2N3O3. The van der Waals surface area contributed by atoms with Gasteiger partial charge < -0.3 is 14.4 Å². The predicted molar refractivity (Wildman–Crippen MR) is 133 cm³/mol. The number of carbonyl (C=O) groups excluding carboxylic acids is 1. The summed E-state index contributed by atoms with van der Waals surface area (Å²) in [5.41, 5.74) is -0.0365. The van der Waals surface area contributed by atoms with Crippen LogP contribution in [0.3, 0.4) is 0 Å². The maximum Gasteiger partial charge on any atom is 0.410 e. The van der Waals surface area contributed by atoms with Crippen LogP contribution in [0.1, 0.15) is 59.3 Å². The third-order valence-corrected chi connectivity index (χ3v) is 6.31. The van der Waals surface area contributed by atoms with E-state index in [9.17, 15) is 4.79 Å². The van der Waals surface area contributed by atoms with Gasteiger partial charge in [-0.2, -0.15) is 0 Å². The lowest BCUT2D eigenvalue weighted by molar-refractivity contribution is -0.00466. The summed E-state index contributed by atoms with van der Waals surface area (Å²) in [4.78, 5) is 21.9. The van der Waals surface area contributed by atoms with Gasteiger partial charge in [-0.15, -0.1) is 12.4 Å². The van der Waals surface area contributed by atoms with Gasteiger partial charge in [-0.25, -0.2) is 4.79 Å². The van der Waals surface area contributed by atoms with Crippen LogP contribution < -0.4 is 4.74 Å². The molecule has 2 aromatic heterocycles. The highest BCUT2D eigenvalue weighted by Crippen LogP contribution is 2.45. The Morgan fingerprint density at radius 1 is 0.970 bits per heavy atom. The molecule has 1 saturated heterocycles. The molecule has 0 bridgehead atoms. The van der Waals surface area contributed by atoms with E-state index in [1.807, 2.05) is 37.8 Å². The first-order valence-corrected chi connectivity index (χ1v) is 11.7. The molecule has 0 aromatic carbocycles. The van der Waals surface area contributed by atoms with Gasteiger partial charge in [-0.3, -0.25) is 9.97 Å². The fourth-order valence-corrected chi connectivity index (χ4v) is 4.37. The molecule has 4 rings (SSSR count). The van der Waals surface area contributed by atoms with Crippen LogP contribution in [0.4, 0.5) is 4.79 Å². The quantitative estimate of drug-likeness (QED) is 0.470. The number of ether oxygens (including phenoxy) is 2. The second-order valence-electron chi connectivity index (χ2n) is 9.63. The lowest BCUT2D eigenvalue weighted by Gasteiger charge is -2.45. The summed E-state index contributed by atoms with van der Waals surface area (Å²) < 4.78 is 11.6. The average Bonchev–Trinajstić information content (AvgIpc) is 2.77. The minimum absolute atomic E-state index is 0. The Hall–Kier alpha value is -2.05. The summed E-state index contributed by atoms with van der Waals surface area (Å²) in [5, 5.41) is 0.731. The SMILES string of the molecule is CC(C)(C)OC(=O)N1CCC2(CCC(Oc3ccncc3)CC2)CC1.Cl.Clc1ccncc1. The van der Waals surface area contributed by atoms with Crippen molar-refractivity contribution in [1.82, 2.24) is 14.9 Å². The van der Waals surface area contributed by atoms with Crippen molar-refractivity contribution in [3.05, 3.63) is 54.1 Å². The van der Waals surface area contributed by atoms with Crippen LogP contribution in [0.25, 0.3) is 0 Å². The molecule has 1 spiro atoms. The predicted octanol–water partition coefficient (Wildman–Crippen LogP) is 6.58. The number of amides is 1. The van der Waals surface area contributed by atoms with Crippen molar-refractivity contribution >= 4 is 30.1 Å². The summed E-state index contributed by atoms with van der Waals surface area (Å²) in [6.07, 6.45) is 13.7. The molecule has 1 aliphatic heterocycles. The minimum atomic E-state index is -0.422. The third kappa shape index (κ3) is 9.01. The van der Waals surface area contributed by atoms with Gasteiger partial charge in [0.15, 0.2) is 0 Å². The van der Waals surface area contributed by atoms with E-state index in [2.05, 4.69) is 9.97 Å². The van der Waals surface area contributed by atoms with Crippen molar-refractivity contribution in [3.63, 3.8) is 0 Å². The van der Waals surface area contributed by atoms with E-state index in [0.717, 1.165) is 49.5 Å². The van der Waals surface area contributed by atoms with Gasteiger partial charge in [0, 0.05) is 42.9 Å². The molecule has 0 radical (unpaired) electrons. The Morgan fingerprint density at radius 3 is 1.94 bits per heavy atom. The molecule has 2 aromatic rings. The highest BCUT2D eigenvalue weighted by Gasteiger charge is 2.40. The number of nitrogens with zero attached hydrogens (tertiary/aromatic N) is 3. The zero-order valence-corrected chi connectivity index (χ0v) is 21.3. The molecule has 1 amide bonds. The molecule has 33 heavy (non-hydrogen) atoms. The van der Waals surface area contributed by atoms with E-state index < -0.39 is 5.60 Å². The van der Waals surface area contributed by atoms with Gasteiger partial charge in [0.25, 0.3) is 0 Å². The lowest BCUT2D eigenvalue weighted by Crippen LogP contribution is -2.46. The molecule has 0 atom stereocenters. The first-order chi connectivity index (χ1) is 15.2. The van der Waals surface area contributed by atoms with E-state index in [-0.39, 0.29) is 18.5 Å². The van der Waals surface area contributed by atoms with Crippen LogP contribution in [0.2, 0.25) is 5.02 Å². The molecule has 3 heterocycles. The zero-order valence-electron chi connectivity index (χ0n) is 19.7. The van der Waals surface area contributed by atoms with Crippen LogP contribution in [0.5, 0.6) is 5.75 Å². The third-order valence-electron chi connectivity index (χ3n) is 6.06. The van der Waals surface area contributed by atoms with Crippen LogP contribution in [0, 0.1) is 5.41 Å². The van der Waals surface area contributed by atoms with Gasteiger partial charge >= 0.3 is 6.09 Å². The molecule has 6 nitrogen and oxygen atoms in total. The zero-order chi connectivity index (χ0) is 23.0. The van der Waals surface area contributed by atoms with Crippen molar-refractivity contribution in [2.24, 2.45) is 5.41 Å². The Bertz CT molecular complexity index is 829. The van der Waals surface area contributed by atoms with Crippen molar-refractivity contribution in [1.29, 1.82) is 0 Å². The van der Waals surface area contributed by atoms with Gasteiger partial charge in [0.1, 0.15) is 11.4 Å². The molecule has 0 N–H and O–H groups in total. The van der Waals surface area contributed by atoms with Crippen LogP contribution in [-0.2, 0) is 4.74 Å². The molecule has 8 heteroatoms. The van der Waals surface area contributed by atoms with Crippen LogP contribution in [-0.4, -0.2) is 45.8 Å². The number of pyridine rings is 2. The van der Waals surface area contributed by atoms with Crippen molar-refractivity contribution < 1.29 is 14.3 Å². The monoisotopic (exact) mass is 495 g/mol. The van der Waals surface area contributed by atoms with Gasteiger partial charge in [0.2, 0.25) is 0 Å². The second kappa shape index (κ2) is 12.4. The Labute approximate surface area is 208 Å². The largest absolute Gasteiger partial charge is 0.490 e. The maximum atomic E-state index is 12.2. The van der Waals surface area contributed by atoms with E-state index in [1.165, 1.54) is 12.8 Å². The van der Waals surface area contributed by atoms with E-state index >= 15 is 0 Å². The second-order valence-corrected chi connectivity index (χ2v) is 10.1. The Morgan fingerprint density at radius 2 is 1.48 bits per heavy atom. The Kier molecular flexibility index (Phi) is 10.2. The van der Waals surface area contributed by atoms with Crippen LogP contribution in [0.15, 0.2) is 49.1 Å².